The number of hydrogen-bond donors (Lipinski definition) is 2. The number of hydrazine groups is 1. The average molecular weight is 266 g/mol. The molecule has 0 radical (unpaired) electrons. The van der Waals surface area contributed by atoms with Crippen molar-refractivity contribution in [3.05, 3.63) is 28.5 Å². The summed E-state index contributed by atoms with van der Waals surface area (Å²) in [6.07, 6.45) is 2.66. The quantitative estimate of drug-likeness (QED) is 0.626. The predicted molar refractivity (Wildman–Crippen MR) is 71.0 cm³/mol. The smallest absolute Gasteiger partial charge is 0.0829 e. The summed E-state index contributed by atoms with van der Waals surface area (Å²) < 4.78 is 5.82. The summed E-state index contributed by atoms with van der Waals surface area (Å²) in [5.74, 6) is 6.00. The van der Waals surface area contributed by atoms with E-state index in [0.717, 1.165) is 22.7 Å². The van der Waals surface area contributed by atoms with Gasteiger partial charge >= 0.3 is 0 Å². The number of nitrogens with zero attached hydrogens (tertiary/aromatic N) is 4. The van der Waals surface area contributed by atoms with Crippen LogP contribution in [0.5, 0.6) is 0 Å². The highest BCUT2D eigenvalue weighted by molar-refractivity contribution is 7.05. The Morgan fingerprint density at radius 2 is 2.28 bits per heavy atom. The Labute approximate surface area is 110 Å². The fraction of sp³-hybridized carbons (Fsp3) is 0.545. The number of aromatic nitrogens is 4. The molecule has 6 nitrogen and oxygen atoms in total. The summed E-state index contributed by atoms with van der Waals surface area (Å²) in [5, 5.41) is 8.55. The summed E-state index contributed by atoms with van der Waals surface area (Å²) in [7, 11) is 1.90. The molecule has 1 unspecified atom stereocenters. The molecule has 7 heteroatoms. The molecule has 0 aliphatic carbocycles. The number of nitrogens with two attached hydrogens (primary N) is 1. The lowest BCUT2D eigenvalue weighted by Crippen LogP contribution is -2.30. The third-order valence-electron chi connectivity index (χ3n) is 2.79. The Morgan fingerprint density at radius 3 is 2.83 bits per heavy atom. The Morgan fingerprint density at radius 1 is 1.50 bits per heavy atom. The van der Waals surface area contributed by atoms with E-state index in [1.165, 1.54) is 11.5 Å². The molecule has 2 heterocycles. The molecular weight excluding hydrogens is 248 g/mol. The minimum absolute atomic E-state index is 0.0114. The van der Waals surface area contributed by atoms with Crippen LogP contribution in [0.15, 0.2) is 12.3 Å². The predicted octanol–water partition coefficient (Wildman–Crippen LogP) is 1.14. The van der Waals surface area contributed by atoms with Crippen molar-refractivity contribution in [1.82, 2.24) is 24.8 Å². The van der Waals surface area contributed by atoms with E-state index in [2.05, 4.69) is 34.0 Å². The van der Waals surface area contributed by atoms with Crippen LogP contribution in [0.2, 0.25) is 0 Å². The number of aryl methyl sites for hydroxylation is 1. The van der Waals surface area contributed by atoms with Gasteiger partial charge in [0.25, 0.3) is 0 Å². The van der Waals surface area contributed by atoms with Gasteiger partial charge in [0.05, 0.1) is 22.3 Å². The standard InChI is InChI=1S/C11H18N6S/c1-7(2)10-11(18-16-14-10)9(13-12)6-8-4-5-17(3)15-8/h4-5,7,9,13H,6,12H2,1-3H3. The minimum atomic E-state index is 0.0114. The van der Waals surface area contributed by atoms with Gasteiger partial charge in [-0.05, 0) is 23.5 Å². The largest absolute Gasteiger partial charge is 0.276 e. The second-order valence-corrected chi connectivity index (χ2v) is 5.37. The molecule has 0 aliphatic rings. The second kappa shape index (κ2) is 5.55. The second-order valence-electron chi connectivity index (χ2n) is 4.58. The highest BCUT2D eigenvalue weighted by Crippen LogP contribution is 2.27. The van der Waals surface area contributed by atoms with Gasteiger partial charge in [-0.25, -0.2) is 0 Å². The zero-order valence-corrected chi connectivity index (χ0v) is 11.6. The summed E-state index contributed by atoms with van der Waals surface area (Å²) in [6.45, 7) is 4.21. The molecule has 0 fully saturated rings. The highest BCUT2D eigenvalue weighted by Gasteiger charge is 2.21. The Hall–Kier alpha value is -1.31. The molecule has 2 aromatic heterocycles. The molecule has 2 aromatic rings. The maximum atomic E-state index is 5.65. The van der Waals surface area contributed by atoms with E-state index in [-0.39, 0.29) is 6.04 Å². The third kappa shape index (κ3) is 2.74. The lowest BCUT2D eigenvalue weighted by Gasteiger charge is -2.14. The summed E-state index contributed by atoms with van der Waals surface area (Å²) >= 11 is 1.40. The van der Waals surface area contributed by atoms with E-state index in [1.807, 2.05) is 19.3 Å². The van der Waals surface area contributed by atoms with Crippen molar-refractivity contribution in [2.75, 3.05) is 0 Å². The minimum Gasteiger partial charge on any atom is -0.276 e. The average Bonchev–Trinajstić information content (AvgIpc) is 2.94. The Balaban J connectivity index is 2.20. The Kier molecular flexibility index (Phi) is 4.05. The first kappa shape index (κ1) is 13.1. The molecular formula is C11H18N6S. The van der Waals surface area contributed by atoms with Crippen molar-refractivity contribution in [3.63, 3.8) is 0 Å². The molecule has 0 spiro atoms. The van der Waals surface area contributed by atoms with Gasteiger partial charge in [-0.2, -0.15) is 5.10 Å². The van der Waals surface area contributed by atoms with Crippen LogP contribution in [-0.4, -0.2) is 19.4 Å². The van der Waals surface area contributed by atoms with Gasteiger partial charge in [0.1, 0.15) is 0 Å². The van der Waals surface area contributed by atoms with Crippen LogP contribution in [-0.2, 0) is 13.5 Å². The maximum Gasteiger partial charge on any atom is 0.0829 e. The van der Waals surface area contributed by atoms with E-state index in [9.17, 15) is 0 Å². The molecule has 0 bridgehead atoms. The molecule has 0 saturated heterocycles. The van der Waals surface area contributed by atoms with E-state index >= 15 is 0 Å². The molecule has 0 aliphatic heterocycles. The molecule has 2 rings (SSSR count). The number of nitrogens with one attached hydrogen (secondary N) is 1. The van der Waals surface area contributed by atoms with Crippen LogP contribution in [0.1, 0.15) is 42.1 Å². The van der Waals surface area contributed by atoms with Crippen molar-refractivity contribution in [1.29, 1.82) is 0 Å². The number of rotatable bonds is 5. The normalized spacial score (nSPS) is 13.2. The molecule has 0 amide bonds. The zero-order valence-electron chi connectivity index (χ0n) is 10.8. The van der Waals surface area contributed by atoms with E-state index < -0.39 is 0 Å². The third-order valence-corrected chi connectivity index (χ3v) is 3.64. The van der Waals surface area contributed by atoms with Crippen LogP contribution in [0.3, 0.4) is 0 Å². The molecule has 1 atom stereocenters. The van der Waals surface area contributed by atoms with Gasteiger partial charge in [-0.1, -0.05) is 18.3 Å². The van der Waals surface area contributed by atoms with Crippen molar-refractivity contribution >= 4 is 11.5 Å². The molecule has 18 heavy (non-hydrogen) atoms. The topological polar surface area (TPSA) is 81.7 Å². The molecule has 98 valence electrons. The zero-order chi connectivity index (χ0) is 13.1. The fourth-order valence-electron chi connectivity index (χ4n) is 1.86. The molecule has 0 aromatic carbocycles. The number of hydrogen-bond acceptors (Lipinski definition) is 6. The van der Waals surface area contributed by atoms with Gasteiger partial charge < -0.3 is 0 Å². The van der Waals surface area contributed by atoms with Gasteiger partial charge in [-0.3, -0.25) is 16.0 Å². The first-order valence-electron chi connectivity index (χ1n) is 5.88. The maximum absolute atomic E-state index is 5.65. The molecule has 0 saturated carbocycles. The summed E-state index contributed by atoms with van der Waals surface area (Å²) in [4.78, 5) is 1.10. The van der Waals surface area contributed by atoms with Crippen molar-refractivity contribution in [2.24, 2.45) is 12.9 Å². The van der Waals surface area contributed by atoms with Gasteiger partial charge in [0, 0.05) is 19.7 Å². The highest BCUT2D eigenvalue weighted by atomic mass is 32.1. The van der Waals surface area contributed by atoms with Crippen LogP contribution in [0.4, 0.5) is 0 Å². The van der Waals surface area contributed by atoms with E-state index in [1.54, 1.807) is 4.68 Å². The monoisotopic (exact) mass is 266 g/mol. The van der Waals surface area contributed by atoms with Crippen molar-refractivity contribution in [3.8, 4) is 0 Å². The lowest BCUT2D eigenvalue weighted by molar-refractivity contribution is 0.541. The van der Waals surface area contributed by atoms with Crippen LogP contribution in [0.25, 0.3) is 0 Å². The fourth-order valence-corrected chi connectivity index (χ4v) is 2.72. The van der Waals surface area contributed by atoms with Gasteiger partial charge in [-0.15, -0.1) is 5.10 Å². The summed E-state index contributed by atoms with van der Waals surface area (Å²) in [6, 6.07) is 2.01. The van der Waals surface area contributed by atoms with Crippen LogP contribution in [0, 0.1) is 0 Å². The first-order chi connectivity index (χ1) is 8.61. The summed E-state index contributed by atoms with van der Waals surface area (Å²) in [5.41, 5.74) is 4.85. The van der Waals surface area contributed by atoms with Gasteiger partial charge in [0.15, 0.2) is 0 Å². The van der Waals surface area contributed by atoms with E-state index in [0.29, 0.717) is 5.92 Å². The van der Waals surface area contributed by atoms with Gasteiger partial charge in [0.2, 0.25) is 0 Å². The lowest BCUT2D eigenvalue weighted by atomic mass is 10.0. The Bertz CT molecular complexity index is 503. The first-order valence-corrected chi connectivity index (χ1v) is 6.66. The SMILES string of the molecule is CC(C)c1nnsc1C(Cc1ccn(C)n1)NN. The van der Waals surface area contributed by atoms with Crippen LogP contribution < -0.4 is 11.3 Å². The van der Waals surface area contributed by atoms with Crippen molar-refractivity contribution < 1.29 is 0 Å². The molecule has 3 N–H and O–H groups in total. The van der Waals surface area contributed by atoms with Crippen molar-refractivity contribution in [2.45, 2.75) is 32.2 Å². The van der Waals surface area contributed by atoms with E-state index in [4.69, 9.17) is 5.84 Å². The van der Waals surface area contributed by atoms with Crippen LogP contribution >= 0.6 is 11.5 Å².